The standard InChI is InChI=1S/C17H26N2O4/c1-19(17(20)16(18)13-7-10-22-11-8-13)9-12-23-15-5-3-14(21-2)4-6-15/h3-6,13,16H,7-12,18H2,1-2H3. The molecule has 1 aliphatic heterocycles. The fourth-order valence-corrected chi connectivity index (χ4v) is 2.61. The lowest BCUT2D eigenvalue weighted by Crippen LogP contribution is -2.48. The fourth-order valence-electron chi connectivity index (χ4n) is 2.61. The predicted molar refractivity (Wildman–Crippen MR) is 87.6 cm³/mol. The zero-order valence-corrected chi connectivity index (χ0v) is 13.9. The van der Waals surface area contributed by atoms with Crippen LogP contribution in [0.3, 0.4) is 0 Å². The van der Waals surface area contributed by atoms with Crippen molar-refractivity contribution in [2.75, 3.05) is 40.5 Å². The molecule has 6 heteroatoms. The van der Waals surface area contributed by atoms with E-state index in [0.29, 0.717) is 26.4 Å². The first-order valence-corrected chi connectivity index (χ1v) is 7.97. The molecule has 1 unspecified atom stereocenters. The summed E-state index contributed by atoms with van der Waals surface area (Å²) in [6.45, 7) is 2.31. The molecule has 0 aromatic heterocycles. The van der Waals surface area contributed by atoms with Crippen LogP contribution in [-0.4, -0.2) is 57.4 Å². The molecule has 1 fully saturated rings. The van der Waals surface area contributed by atoms with Gasteiger partial charge in [0, 0.05) is 20.3 Å². The van der Waals surface area contributed by atoms with Crippen LogP contribution >= 0.6 is 0 Å². The van der Waals surface area contributed by atoms with E-state index in [2.05, 4.69) is 0 Å². The Bertz CT molecular complexity index is 486. The number of methoxy groups -OCH3 is 1. The number of rotatable bonds is 7. The quantitative estimate of drug-likeness (QED) is 0.819. The molecule has 128 valence electrons. The van der Waals surface area contributed by atoms with Crippen LogP contribution in [0.15, 0.2) is 24.3 Å². The summed E-state index contributed by atoms with van der Waals surface area (Å²) in [5, 5.41) is 0. The normalized spacial score (nSPS) is 16.7. The van der Waals surface area contributed by atoms with Crippen LogP contribution in [0.4, 0.5) is 0 Å². The molecule has 23 heavy (non-hydrogen) atoms. The van der Waals surface area contributed by atoms with Crippen molar-refractivity contribution < 1.29 is 19.0 Å². The van der Waals surface area contributed by atoms with Crippen molar-refractivity contribution in [3.63, 3.8) is 0 Å². The van der Waals surface area contributed by atoms with Crippen LogP contribution in [-0.2, 0) is 9.53 Å². The number of amides is 1. The van der Waals surface area contributed by atoms with E-state index >= 15 is 0 Å². The molecular formula is C17H26N2O4. The molecule has 1 aromatic rings. The van der Waals surface area contributed by atoms with Gasteiger partial charge in [-0.3, -0.25) is 4.79 Å². The van der Waals surface area contributed by atoms with Gasteiger partial charge in [-0.25, -0.2) is 0 Å². The van der Waals surface area contributed by atoms with E-state index in [1.54, 1.807) is 19.1 Å². The highest BCUT2D eigenvalue weighted by Crippen LogP contribution is 2.19. The molecule has 1 amide bonds. The molecule has 1 heterocycles. The third kappa shape index (κ3) is 5.11. The topological polar surface area (TPSA) is 74.0 Å². The zero-order valence-electron chi connectivity index (χ0n) is 13.9. The smallest absolute Gasteiger partial charge is 0.239 e. The van der Waals surface area contributed by atoms with E-state index < -0.39 is 6.04 Å². The zero-order chi connectivity index (χ0) is 16.7. The summed E-state index contributed by atoms with van der Waals surface area (Å²) in [7, 11) is 3.39. The summed E-state index contributed by atoms with van der Waals surface area (Å²) in [6, 6.07) is 6.91. The lowest BCUT2D eigenvalue weighted by molar-refractivity contribution is -0.133. The molecule has 0 saturated carbocycles. The number of ether oxygens (including phenoxy) is 3. The molecule has 6 nitrogen and oxygen atoms in total. The van der Waals surface area contributed by atoms with Crippen molar-refractivity contribution in [3.8, 4) is 11.5 Å². The lowest BCUT2D eigenvalue weighted by atomic mass is 9.91. The monoisotopic (exact) mass is 322 g/mol. The number of nitrogens with two attached hydrogens (primary N) is 1. The van der Waals surface area contributed by atoms with E-state index in [1.165, 1.54) is 0 Å². The summed E-state index contributed by atoms with van der Waals surface area (Å²) < 4.78 is 16.0. The summed E-state index contributed by atoms with van der Waals surface area (Å²) >= 11 is 0. The molecule has 1 saturated heterocycles. The van der Waals surface area contributed by atoms with Gasteiger partial charge in [0.05, 0.1) is 19.7 Å². The molecule has 1 atom stereocenters. The Morgan fingerprint density at radius 1 is 1.30 bits per heavy atom. The molecule has 2 rings (SSSR count). The second-order valence-electron chi connectivity index (χ2n) is 5.76. The molecular weight excluding hydrogens is 296 g/mol. The first kappa shape index (κ1) is 17.6. The first-order chi connectivity index (χ1) is 11.1. The second-order valence-corrected chi connectivity index (χ2v) is 5.76. The number of benzene rings is 1. The minimum atomic E-state index is -0.454. The van der Waals surface area contributed by atoms with E-state index in [9.17, 15) is 4.79 Å². The van der Waals surface area contributed by atoms with Gasteiger partial charge in [0.15, 0.2) is 0 Å². The summed E-state index contributed by atoms with van der Waals surface area (Å²) in [6.07, 6.45) is 1.70. The van der Waals surface area contributed by atoms with Crippen molar-refractivity contribution in [3.05, 3.63) is 24.3 Å². The maximum atomic E-state index is 12.4. The Morgan fingerprint density at radius 2 is 1.91 bits per heavy atom. The fraction of sp³-hybridized carbons (Fsp3) is 0.588. The van der Waals surface area contributed by atoms with Gasteiger partial charge in [-0.05, 0) is 43.0 Å². The van der Waals surface area contributed by atoms with E-state index in [4.69, 9.17) is 19.9 Å². The van der Waals surface area contributed by atoms with Gasteiger partial charge in [-0.2, -0.15) is 0 Å². The minimum absolute atomic E-state index is 0.0322. The van der Waals surface area contributed by atoms with Crippen LogP contribution in [0.2, 0.25) is 0 Å². The second kappa shape index (κ2) is 8.74. The van der Waals surface area contributed by atoms with Gasteiger partial charge >= 0.3 is 0 Å². The number of hydrogen-bond acceptors (Lipinski definition) is 5. The van der Waals surface area contributed by atoms with Gasteiger partial charge in [0.1, 0.15) is 18.1 Å². The molecule has 0 radical (unpaired) electrons. The predicted octanol–water partition coefficient (Wildman–Crippen LogP) is 1.29. The Balaban J connectivity index is 1.74. The van der Waals surface area contributed by atoms with Crippen LogP contribution in [0.5, 0.6) is 11.5 Å². The van der Waals surface area contributed by atoms with Crippen LogP contribution in [0.25, 0.3) is 0 Å². The molecule has 1 aliphatic rings. The van der Waals surface area contributed by atoms with Gasteiger partial charge in [-0.1, -0.05) is 0 Å². The molecule has 0 spiro atoms. The van der Waals surface area contributed by atoms with E-state index in [-0.39, 0.29) is 11.8 Å². The molecule has 1 aromatic carbocycles. The van der Waals surface area contributed by atoms with Crippen molar-refractivity contribution in [2.45, 2.75) is 18.9 Å². The van der Waals surface area contributed by atoms with Crippen LogP contribution in [0, 0.1) is 5.92 Å². The van der Waals surface area contributed by atoms with E-state index in [1.807, 2.05) is 24.3 Å². The molecule has 2 N–H and O–H groups in total. The first-order valence-electron chi connectivity index (χ1n) is 7.97. The van der Waals surface area contributed by atoms with Gasteiger partial charge < -0.3 is 24.8 Å². The van der Waals surface area contributed by atoms with Crippen LogP contribution in [0.1, 0.15) is 12.8 Å². The Hall–Kier alpha value is -1.79. The molecule has 0 bridgehead atoms. The largest absolute Gasteiger partial charge is 0.497 e. The summed E-state index contributed by atoms with van der Waals surface area (Å²) in [5.74, 6) is 1.71. The van der Waals surface area contributed by atoms with Gasteiger partial charge in [-0.15, -0.1) is 0 Å². The van der Waals surface area contributed by atoms with Crippen molar-refractivity contribution in [1.29, 1.82) is 0 Å². The number of likely N-dealkylation sites (N-methyl/N-ethyl adjacent to an activating group) is 1. The van der Waals surface area contributed by atoms with Crippen molar-refractivity contribution >= 4 is 5.91 Å². The number of hydrogen-bond donors (Lipinski definition) is 1. The van der Waals surface area contributed by atoms with Gasteiger partial charge in [0.2, 0.25) is 5.91 Å². The Kier molecular flexibility index (Phi) is 6.67. The van der Waals surface area contributed by atoms with Crippen molar-refractivity contribution in [1.82, 2.24) is 4.90 Å². The number of nitrogens with zero attached hydrogens (tertiary/aromatic N) is 1. The number of carbonyl (C=O) groups excluding carboxylic acids is 1. The number of carbonyl (C=O) groups is 1. The maximum absolute atomic E-state index is 12.4. The summed E-state index contributed by atoms with van der Waals surface area (Å²) in [4.78, 5) is 14.0. The highest BCUT2D eigenvalue weighted by Gasteiger charge is 2.28. The maximum Gasteiger partial charge on any atom is 0.239 e. The third-order valence-corrected chi connectivity index (χ3v) is 4.19. The average molecular weight is 322 g/mol. The Morgan fingerprint density at radius 3 is 2.52 bits per heavy atom. The highest BCUT2D eigenvalue weighted by atomic mass is 16.5. The van der Waals surface area contributed by atoms with E-state index in [0.717, 1.165) is 24.3 Å². The van der Waals surface area contributed by atoms with Gasteiger partial charge in [0.25, 0.3) is 0 Å². The lowest BCUT2D eigenvalue weighted by Gasteiger charge is -2.29. The SMILES string of the molecule is COc1ccc(OCCN(C)C(=O)C(N)C2CCOCC2)cc1. The van der Waals surface area contributed by atoms with Crippen molar-refractivity contribution in [2.24, 2.45) is 11.7 Å². The minimum Gasteiger partial charge on any atom is -0.497 e. The highest BCUT2D eigenvalue weighted by molar-refractivity contribution is 5.81. The molecule has 0 aliphatic carbocycles. The third-order valence-electron chi connectivity index (χ3n) is 4.19. The Labute approximate surface area is 137 Å². The summed E-state index contributed by atoms with van der Waals surface area (Å²) in [5.41, 5.74) is 6.11. The average Bonchev–Trinajstić information content (AvgIpc) is 2.61. The van der Waals surface area contributed by atoms with Crippen LogP contribution < -0.4 is 15.2 Å².